The van der Waals surface area contributed by atoms with Crippen LogP contribution < -0.4 is 10.0 Å². The number of rotatable bonds is 4. The van der Waals surface area contributed by atoms with E-state index in [1.165, 1.54) is 29.2 Å². The fourth-order valence-corrected chi connectivity index (χ4v) is 4.94. The van der Waals surface area contributed by atoms with E-state index in [-0.39, 0.29) is 16.2 Å². The lowest BCUT2D eigenvalue weighted by Crippen LogP contribution is -2.29. The number of hydrogen-bond donors (Lipinski definition) is 2. The van der Waals surface area contributed by atoms with Gasteiger partial charge < -0.3 is 5.11 Å². The molecule has 35 heavy (non-hydrogen) atoms. The smallest absolute Gasteiger partial charge is 0.300 e. The van der Waals surface area contributed by atoms with Crippen molar-refractivity contribution in [1.82, 2.24) is 0 Å². The van der Waals surface area contributed by atoms with Crippen molar-refractivity contribution in [1.29, 1.82) is 0 Å². The molecule has 3 N–H and O–H groups in total. The minimum atomic E-state index is -3.93. The molecule has 4 aromatic carbocycles. The van der Waals surface area contributed by atoms with Crippen LogP contribution in [0.1, 0.15) is 17.2 Å². The average Bonchev–Trinajstić information content (AvgIpc) is 3.13. The summed E-state index contributed by atoms with van der Waals surface area (Å²) < 4.78 is 23.4. The van der Waals surface area contributed by atoms with Crippen LogP contribution in [0.25, 0.3) is 16.5 Å². The van der Waals surface area contributed by atoms with Crippen molar-refractivity contribution in [2.75, 3.05) is 4.90 Å². The van der Waals surface area contributed by atoms with E-state index in [4.69, 9.17) is 5.14 Å². The van der Waals surface area contributed by atoms with Crippen LogP contribution in [0, 0.1) is 0 Å². The summed E-state index contributed by atoms with van der Waals surface area (Å²) in [5.41, 5.74) is 1.30. The minimum Gasteiger partial charge on any atom is -0.507 e. The number of carbonyl (C=O) groups is 2. The van der Waals surface area contributed by atoms with Crippen LogP contribution in [0.4, 0.5) is 5.69 Å². The van der Waals surface area contributed by atoms with E-state index in [2.05, 4.69) is 0 Å². The number of benzene rings is 4. The summed E-state index contributed by atoms with van der Waals surface area (Å²) in [6.07, 6.45) is 0. The summed E-state index contributed by atoms with van der Waals surface area (Å²) in [6, 6.07) is 26.2. The number of primary sulfonamides is 1. The van der Waals surface area contributed by atoms with Gasteiger partial charge in [-0.15, -0.1) is 0 Å². The molecule has 4 aromatic rings. The molecular formula is C27H20N2O5S. The first-order chi connectivity index (χ1) is 16.8. The molecule has 0 saturated carbocycles. The Morgan fingerprint density at radius 3 is 2.11 bits per heavy atom. The number of ketones is 1. The van der Waals surface area contributed by atoms with Gasteiger partial charge in [0.05, 0.1) is 16.5 Å². The van der Waals surface area contributed by atoms with Crippen molar-refractivity contribution in [3.63, 3.8) is 0 Å². The van der Waals surface area contributed by atoms with Gasteiger partial charge >= 0.3 is 0 Å². The highest BCUT2D eigenvalue weighted by atomic mass is 32.2. The van der Waals surface area contributed by atoms with E-state index in [1.54, 1.807) is 42.5 Å². The first-order valence-corrected chi connectivity index (χ1v) is 12.3. The topological polar surface area (TPSA) is 118 Å². The molecule has 1 atom stereocenters. The Bertz CT molecular complexity index is 1610. The molecule has 0 radical (unpaired) electrons. The van der Waals surface area contributed by atoms with Crippen molar-refractivity contribution < 1.29 is 23.1 Å². The molecule has 5 rings (SSSR count). The van der Waals surface area contributed by atoms with Crippen molar-refractivity contribution in [2.24, 2.45) is 5.14 Å². The Labute approximate surface area is 201 Å². The molecule has 1 aliphatic rings. The molecule has 0 bridgehead atoms. The highest BCUT2D eigenvalue weighted by Gasteiger charge is 2.47. The number of nitrogens with zero attached hydrogens (tertiary/aromatic N) is 1. The maximum atomic E-state index is 13.3. The highest BCUT2D eigenvalue weighted by molar-refractivity contribution is 7.89. The van der Waals surface area contributed by atoms with Crippen LogP contribution in [0.5, 0.6) is 0 Å². The summed E-state index contributed by atoms with van der Waals surface area (Å²) in [5.74, 6) is -1.94. The average molecular weight is 485 g/mol. The molecule has 174 valence electrons. The van der Waals surface area contributed by atoms with Gasteiger partial charge in [0, 0.05) is 11.3 Å². The number of Topliss-reactive ketones (excluding diaryl/α,β-unsaturated/α-hetero) is 1. The second kappa shape index (κ2) is 8.50. The predicted molar refractivity (Wildman–Crippen MR) is 133 cm³/mol. The molecule has 0 aliphatic carbocycles. The highest BCUT2D eigenvalue weighted by Crippen LogP contribution is 2.43. The molecule has 1 fully saturated rings. The normalized spacial score (nSPS) is 17.7. The number of anilines is 1. The zero-order chi connectivity index (χ0) is 24.7. The standard InChI is InChI=1S/C27H20N2O5S/c28-35(33,34)20-15-13-19(14-16-20)29-24(18-8-2-1-3-9-18)23(26(31)27(29)32)25(30)22-12-6-10-17-7-4-5-11-21(17)22/h1-16,24,30H,(H2,28,33,34)/b25-23-. The lowest BCUT2D eigenvalue weighted by atomic mass is 9.93. The maximum Gasteiger partial charge on any atom is 0.300 e. The Morgan fingerprint density at radius 1 is 0.800 bits per heavy atom. The zero-order valence-corrected chi connectivity index (χ0v) is 19.1. The number of nitrogens with two attached hydrogens (primary N) is 1. The third kappa shape index (κ3) is 3.88. The second-order valence-corrected chi connectivity index (χ2v) is 9.71. The minimum absolute atomic E-state index is 0.0481. The van der Waals surface area contributed by atoms with Gasteiger partial charge in [-0.3, -0.25) is 14.5 Å². The molecule has 0 aromatic heterocycles. The van der Waals surface area contributed by atoms with Gasteiger partial charge in [0.25, 0.3) is 11.7 Å². The molecular weight excluding hydrogens is 464 g/mol. The van der Waals surface area contributed by atoms with E-state index < -0.39 is 27.8 Å². The van der Waals surface area contributed by atoms with Gasteiger partial charge in [0.2, 0.25) is 10.0 Å². The van der Waals surface area contributed by atoms with Crippen molar-refractivity contribution >= 4 is 43.9 Å². The molecule has 1 amide bonds. The first-order valence-electron chi connectivity index (χ1n) is 10.7. The molecule has 1 unspecified atom stereocenters. The number of carbonyl (C=O) groups excluding carboxylic acids is 2. The van der Waals surface area contributed by atoms with Crippen LogP contribution in [-0.4, -0.2) is 25.2 Å². The van der Waals surface area contributed by atoms with Gasteiger partial charge in [-0.05, 0) is 40.6 Å². The third-order valence-corrected chi connectivity index (χ3v) is 6.98. The fraction of sp³-hybridized carbons (Fsp3) is 0.0370. The molecule has 0 spiro atoms. The van der Waals surface area contributed by atoms with Crippen molar-refractivity contribution in [3.8, 4) is 0 Å². The fourth-order valence-electron chi connectivity index (χ4n) is 4.42. The Morgan fingerprint density at radius 2 is 1.43 bits per heavy atom. The molecule has 1 heterocycles. The van der Waals surface area contributed by atoms with Crippen LogP contribution in [0.3, 0.4) is 0 Å². The summed E-state index contributed by atoms with van der Waals surface area (Å²) in [7, 11) is -3.93. The predicted octanol–water partition coefficient (Wildman–Crippen LogP) is 4.11. The summed E-state index contributed by atoms with van der Waals surface area (Å²) in [4.78, 5) is 27.7. The molecule has 1 aliphatic heterocycles. The van der Waals surface area contributed by atoms with Crippen LogP contribution in [-0.2, 0) is 19.6 Å². The van der Waals surface area contributed by atoms with Crippen LogP contribution in [0.15, 0.2) is 108 Å². The Hall–Kier alpha value is -4.27. The largest absolute Gasteiger partial charge is 0.507 e. The van der Waals surface area contributed by atoms with Gasteiger partial charge in [-0.1, -0.05) is 72.8 Å². The maximum absolute atomic E-state index is 13.3. The van der Waals surface area contributed by atoms with Gasteiger partial charge in [-0.2, -0.15) is 0 Å². The molecule has 7 nitrogen and oxygen atoms in total. The van der Waals surface area contributed by atoms with E-state index in [0.717, 1.165) is 10.8 Å². The lowest BCUT2D eigenvalue weighted by Gasteiger charge is -2.25. The Kier molecular flexibility index (Phi) is 5.47. The van der Waals surface area contributed by atoms with Gasteiger partial charge in [0.1, 0.15) is 5.76 Å². The van der Waals surface area contributed by atoms with Crippen molar-refractivity contribution in [3.05, 3.63) is 114 Å². The Balaban J connectivity index is 1.73. The quantitative estimate of drug-likeness (QED) is 0.257. The van der Waals surface area contributed by atoms with Gasteiger partial charge in [-0.25, -0.2) is 13.6 Å². The van der Waals surface area contributed by atoms with Crippen LogP contribution >= 0.6 is 0 Å². The first kappa shape index (κ1) is 22.5. The number of sulfonamides is 1. The lowest BCUT2D eigenvalue weighted by molar-refractivity contribution is -0.132. The zero-order valence-electron chi connectivity index (χ0n) is 18.3. The SMILES string of the molecule is NS(=O)(=O)c1ccc(N2C(=O)C(=O)/C(=C(\O)c3cccc4ccccc34)C2c2ccccc2)cc1. The van der Waals surface area contributed by atoms with E-state index in [9.17, 15) is 23.1 Å². The number of amides is 1. The monoisotopic (exact) mass is 484 g/mol. The van der Waals surface area contributed by atoms with Gasteiger partial charge in [0.15, 0.2) is 0 Å². The number of fused-ring (bicyclic) bond motifs is 1. The second-order valence-electron chi connectivity index (χ2n) is 8.15. The van der Waals surface area contributed by atoms with Crippen molar-refractivity contribution in [2.45, 2.75) is 10.9 Å². The van der Waals surface area contributed by atoms with E-state index in [1.807, 2.05) is 30.3 Å². The van der Waals surface area contributed by atoms with E-state index >= 15 is 0 Å². The van der Waals surface area contributed by atoms with E-state index in [0.29, 0.717) is 16.8 Å². The summed E-state index contributed by atoms with van der Waals surface area (Å²) in [6.45, 7) is 0. The summed E-state index contributed by atoms with van der Waals surface area (Å²) in [5, 5.41) is 18.2. The number of hydrogen-bond acceptors (Lipinski definition) is 5. The number of aliphatic hydroxyl groups excluding tert-OH is 1. The number of aliphatic hydroxyl groups is 1. The summed E-state index contributed by atoms with van der Waals surface area (Å²) >= 11 is 0. The third-order valence-electron chi connectivity index (χ3n) is 6.05. The molecule has 8 heteroatoms. The molecule has 1 saturated heterocycles. The van der Waals surface area contributed by atoms with Crippen LogP contribution in [0.2, 0.25) is 0 Å².